The highest BCUT2D eigenvalue weighted by molar-refractivity contribution is 5.80. The zero-order valence-electron chi connectivity index (χ0n) is 19.7. The van der Waals surface area contributed by atoms with Gasteiger partial charge in [0.15, 0.2) is 5.52 Å². The van der Waals surface area contributed by atoms with Gasteiger partial charge in [-0.3, -0.25) is 19.0 Å². The number of rotatable bonds is 9. The molecule has 11 nitrogen and oxygen atoms in total. The number of ether oxygens (including phenoxy) is 1. The van der Waals surface area contributed by atoms with Gasteiger partial charge in [-0.15, -0.1) is 0 Å². The van der Waals surface area contributed by atoms with Crippen LogP contribution in [-0.2, 0) is 22.6 Å². The van der Waals surface area contributed by atoms with Gasteiger partial charge in [0, 0.05) is 26.3 Å². The molecule has 0 aliphatic rings. The third-order valence-electron chi connectivity index (χ3n) is 5.37. The maximum absolute atomic E-state index is 13.8. The van der Waals surface area contributed by atoms with Crippen LogP contribution in [0.1, 0.15) is 24.5 Å². The van der Waals surface area contributed by atoms with E-state index in [-0.39, 0.29) is 23.1 Å². The van der Waals surface area contributed by atoms with Crippen molar-refractivity contribution in [1.29, 1.82) is 5.26 Å². The van der Waals surface area contributed by atoms with Crippen LogP contribution in [0.3, 0.4) is 0 Å². The minimum absolute atomic E-state index is 0.000284. The lowest BCUT2D eigenvalue weighted by molar-refractivity contribution is -0.141. The van der Waals surface area contributed by atoms with Crippen LogP contribution in [0.2, 0.25) is 0 Å². The Morgan fingerprint density at radius 3 is 2.69 bits per heavy atom. The van der Waals surface area contributed by atoms with Gasteiger partial charge in [0.2, 0.25) is 5.95 Å². The van der Waals surface area contributed by atoms with Gasteiger partial charge in [0.25, 0.3) is 11.1 Å². The fourth-order valence-corrected chi connectivity index (χ4v) is 3.61. The number of nitrogens with zero attached hydrogens (tertiary/aromatic N) is 6. The van der Waals surface area contributed by atoms with Crippen molar-refractivity contribution in [2.45, 2.75) is 26.4 Å². The van der Waals surface area contributed by atoms with Gasteiger partial charge in [-0.05, 0) is 24.1 Å². The molecule has 3 rings (SSSR count). The number of anilines is 1. The van der Waals surface area contributed by atoms with Crippen LogP contribution in [0.25, 0.3) is 17.2 Å². The molecule has 0 atom stereocenters. The molecule has 12 heteroatoms. The summed E-state index contributed by atoms with van der Waals surface area (Å²) in [5.74, 6) is -1.05. The zero-order chi connectivity index (χ0) is 25.7. The number of carbonyl (C=O) groups excluding carboxylic acids is 1. The minimum Gasteiger partial charge on any atom is -0.468 e. The molecule has 2 heterocycles. The second-order valence-electron chi connectivity index (χ2n) is 7.70. The molecule has 1 aromatic carbocycles. The van der Waals surface area contributed by atoms with E-state index < -0.39 is 29.4 Å². The number of hydrogen-bond donors (Lipinski definition) is 1. The van der Waals surface area contributed by atoms with Gasteiger partial charge in [-0.25, -0.2) is 18.7 Å². The molecule has 35 heavy (non-hydrogen) atoms. The molecule has 0 spiro atoms. The van der Waals surface area contributed by atoms with E-state index in [9.17, 15) is 24.0 Å². The molecule has 2 N–H and O–H groups in total. The standard InChI is InChI=1S/C23H26FN7O4/c1-4-5-9-29-20-19(27-23(29)28(2)10-8-25)21(33)31(14-18(32)35-3)30(22(20)34)13-15-6-7-17(24)11-16(15)12-26/h5-7,9,11H,4,8,10,13-14,25H2,1-3H3. The summed E-state index contributed by atoms with van der Waals surface area (Å²) in [7, 11) is 2.89. The number of nitriles is 1. The Hall–Kier alpha value is -4.24. The number of allylic oxidation sites excluding steroid dienone is 1. The summed E-state index contributed by atoms with van der Waals surface area (Å²) in [6, 6.07) is 5.43. The highest BCUT2D eigenvalue weighted by Crippen LogP contribution is 2.19. The van der Waals surface area contributed by atoms with E-state index in [1.807, 2.05) is 13.0 Å². The summed E-state index contributed by atoms with van der Waals surface area (Å²) in [5.41, 5.74) is 4.52. The van der Waals surface area contributed by atoms with Crippen LogP contribution in [0, 0.1) is 17.1 Å². The fraction of sp³-hybridized carbons (Fsp3) is 0.348. The number of halogens is 1. The molecule has 184 valence electrons. The Bertz CT molecular complexity index is 1450. The molecule has 3 aromatic rings. The number of hydrogen-bond acceptors (Lipinski definition) is 8. The number of methoxy groups -OCH3 is 1. The van der Waals surface area contributed by atoms with Crippen molar-refractivity contribution in [1.82, 2.24) is 18.9 Å². The summed E-state index contributed by atoms with van der Waals surface area (Å²) in [6.07, 6.45) is 4.11. The molecule has 0 saturated carbocycles. The van der Waals surface area contributed by atoms with Crippen molar-refractivity contribution in [3.63, 3.8) is 0 Å². The maximum atomic E-state index is 13.8. The molecule has 0 saturated heterocycles. The van der Waals surface area contributed by atoms with E-state index in [2.05, 4.69) is 4.98 Å². The molecule has 0 fully saturated rings. The van der Waals surface area contributed by atoms with E-state index in [4.69, 9.17) is 10.5 Å². The Labute approximate surface area is 200 Å². The molecule has 0 bridgehead atoms. The van der Waals surface area contributed by atoms with Crippen molar-refractivity contribution < 1.29 is 13.9 Å². The number of aromatic nitrogens is 4. The minimum atomic E-state index is -0.759. The van der Waals surface area contributed by atoms with Crippen LogP contribution in [0.15, 0.2) is 33.9 Å². The summed E-state index contributed by atoms with van der Waals surface area (Å²) in [6.45, 7) is 1.82. The Kier molecular flexibility index (Phi) is 7.83. The van der Waals surface area contributed by atoms with Crippen molar-refractivity contribution in [2.24, 2.45) is 5.73 Å². The van der Waals surface area contributed by atoms with E-state index >= 15 is 0 Å². The van der Waals surface area contributed by atoms with Gasteiger partial charge in [-0.2, -0.15) is 5.26 Å². The summed E-state index contributed by atoms with van der Waals surface area (Å²) in [4.78, 5) is 45.5. The maximum Gasteiger partial charge on any atom is 0.327 e. The first-order chi connectivity index (χ1) is 16.8. The highest BCUT2D eigenvalue weighted by Gasteiger charge is 2.24. The number of likely N-dealkylation sites (N-methyl/N-ethyl adjacent to an activating group) is 1. The molecule has 0 radical (unpaired) electrons. The molecule has 0 unspecified atom stereocenters. The SMILES string of the molecule is CCC=Cn1c(N(C)CCN)nc2c(=O)n(CC(=O)OC)n(Cc3ccc(F)cc3C#N)c(=O)c21. The van der Waals surface area contributed by atoms with E-state index in [1.165, 1.54) is 10.6 Å². The summed E-state index contributed by atoms with van der Waals surface area (Å²) >= 11 is 0. The average molecular weight is 484 g/mol. The van der Waals surface area contributed by atoms with Gasteiger partial charge in [-0.1, -0.05) is 19.1 Å². The molecular weight excluding hydrogens is 457 g/mol. The largest absolute Gasteiger partial charge is 0.468 e. The first-order valence-electron chi connectivity index (χ1n) is 10.9. The summed E-state index contributed by atoms with van der Waals surface area (Å²) in [5, 5.41) is 9.44. The smallest absolute Gasteiger partial charge is 0.327 e. The number of nitrogens with two attached hydrogens (primary N) is 1. The second kappa shape index (κ2) is 10.8. The lowest BCUT2D eigenvalue weighted by Gasteiger charge is -2.17. The predicted molar refractivity (Wildman–Crippen MR) is 128 cm³/mol. The topological polar surface area (TPSA) is 141 Å². The normalized spacial score (nSPS) is 11.2. The number of esters is 1. The molecule has 0 amide bonds. The van der Waals surface area contributed by atoms with Crippen molar-refractivity contribution in [2.75, 3.05) is 32.1 Å². The zero-order valence-corrected chi connectivity index (χ0v) is 19.7. The van der Waals surface area contributed by atoms with Crippen LogP contribution in [0.5, 0.6) is 0 Å². The quantitative estimate of drug-likeness (QED) is 0.442. The number of fused-ring (bicyclic) bond motifs is 1. The first kappa shape index (κ1) is 25.4. The molecule has 0 aliphatic carbocycles. The number of carbonyl (C=O) groups is 1. The summed E-state index contributed by atoms with van der Waals surface area (Å²) < 4.78 is 21.8. The predicted octanol–water partition coefficient (Wildman–Crippen LogP) is 0.867. The van der Waals surface area contributed by atoms with Gasteiger partial charge in [0.05, 0.1) is 25.3 Å². The molecule has 0 aliphatic heterocycles. The van der Waals surface area contributed by atoms with E-state index in [0.717, 1.165) is 28.6 Å². The second-order valence-corrected chi connectivity index (χ2v) is 7.70. The number of benzene rings is 1. The fourth-order valence-electron chi connectivity index (χ4n) is 3.61. The van der Waals surface area contributed by atoms with Crippen LogP contribution < -0.4 is 21.8 Å². The van der Waals surface area contributed by atoms with Gasteiger partial charge >= 0.3 is 5.97 Å². The van der Waals surface area contributed by atoms with Crippen molar-refractivity contribution in [3.05, 3.63) is 61.9 Å². The third-order valence-corrected chi connectivity index (χ3v) is 5.37. The third kappa shape index (κ3) is 4.99. The van der Waals surface area contributed by atoms with E-state index in [1.54, 1.807) is 24.2 Å². The lowest BCUT2D eigenvalue weighted by Crippen LogP contribution is -2.41. The number of imidazole rings is 1. The Morgan fingerprint density at radius 1 is 1.31 bits per heavy atom. The van der Waals surface area contributed by atoms with Crippen LogP contribution >= 0.6 is 0 Å². The lowest BCUT2D eigenvalue weighted by atomic mass is 10.1. The van der Waals surface area contributed by atoms with Crippen molar-refractivity contribution >= 4 is 29.2 Å². The van der Waals surface area contributed by atoms with Crippen LogP contribution in [0.4, 0.5) is 10.3 Å². The Morgan fingerprint density at radius 2 is 2.06 bits per heavy atom. The average Bonchev–Trinajstić information content (AvgIpc) is 3.23. The van der Waals surface area contributed by atoms with Crippen LogP contribution in [-0.4, -0.2) is 52.1 Å². The monoisotopic (exact) mass is 483 g/mol. The van der Waals surface area contributed by atoms with Gasteiger partial charge < -0.3 is 15.4 Å². The molecule has 2 aromatic heterocycles. The van der Waals surface area contributed by atoms with Gasteiger partial charge in [0.1, 0.15) is 17.9 Å². The highest BCUT2D eigenvalue weighted by atomic mass is 19.1. The first-order valence-corrected chi connectivity index (χ1v) is 10.9. The Balaban J connectivity index is 2.39. The van der Waals surface area contributed by atoms with Crippen molar-refractivity contribution in [3.8, 4) is 6.07 Å². The van der Waals surface area contributed by atoms with E-state index in [0.29, 0.717) is 31.0 Å². The molecular formula is C23H26FN7O4.